The molecular formula is C16H18N2O2S2. The van der Waals surface area contributed by atoms with Gasteiger partial charge in [-0.05, 0) is 37.7 Å². The van der Waals surface area contributed by atoms with Crippen molar-refractivity contribution in [1.29, 1.82) is 0 Å². The zero-order valence-electron chi connectivity index (χ0n) is 13.1. The van der Waals surface area contributed by atoms with Gasteiger partial charge in [0.1, 0.15) is 16.0 Å². The summed E-state index contributed by atoms with van der Waals surface area (Å²) in [6.45, 7) is 8.43. The van der Waals surface area contributed by atoms with Gasteiger partial charge >= 0.3 is 5.97 Å². The topological polar surface area (TPSA) is 43.6 Å². The van der Waals surface area contributed by atoms with Crippen LogP contribution in [0.1, 0.15) is 34.6 Å². The van der Waals surface area contributed by atoms with Crippen molar-refractivity contribution >= 4 is 45.7 Å². The average molecular weight is 334 g/mol. The molecule has 0 bridgehead atoms. The molecule has 116 valence electrons. The molecule has 0 N–H and O–H groups in total. The molecule has 0 saturated heterocycles. The van der Waals surface area contributed by atoms with Crippen LogP contribution in [0.2, 0.25) is 0 Å². The standard InChI is InChI=1S/C16H18N2O2S2/c1-5-20-15(19)13-11-12(16(22-13)21-6-2)18-8-9(3)7-10(4)14(18)17-11/h7-8H,5-6H2,1-4H3. The zero-order chi connectivity index (χ0) is 15.9. The number of carbonyl (C=O) groups excluding carboxylic acids is 1. The molecule has 0 radical (unpaired) electrons. The van der Waals surface area contributed by atoms with Crippen LogP contribution in [0.25, 0.3) is 16.7 Å². The van der Waals surface area contributed by atoms with Crippen molar-refractivity contribution < 1.29 is 9.53 Å². The maximum atomic E-state index is 12.2. The van der Waals surface area contributed by atoms with Gasteiger partial charge in [0.2, 0.25) is 0 Å². The molecule has 0 saturated carbocycles. The SMILES string of the molecule is CCOC(=O)c1sc(SCC)c2c1nc1c(C)cc(C)cn12. The number of nitrogens with zero attached hydrogens (tertiary/aromatic N) is 2. The highest BCUT2D eigenvalue weighted by molar-refractivity contribution is 8.01. The fourth-order valence-electron chi connectivity index (χ4n) is 2.59. The molecular weight excluding hydrogens is 316 g/mol. The summed E-state index contributed by atoms with van der Waals surface area (Å²) in [5, 5.41) is 0. The Kier molecular flexibility index (Phi) is 4.14. The van der Waals surface area contributed by atoms with Gasteiger partial charge < -0.3 is 4.74 Å². The normalized spacial score (nSPS) is 11.5. The van der Waals surface area contributed by atoms with Crippen molar-refractivity contribution in [3.8, 4) is 0 Å². The van der Waals surface area contributed by atoms with Crippen LogP contribution >= 0.6 is 23.1 Å². The van der Waals surface area contributed by atoms with E-state index in [4.69, 9.17) is 9.72 Å². The van der Waals surface area contributed by atoms with Crippen LogP contribution in [0, 0.1) is 13.8 Å². The Labute approximate surface area is 137 Å². The lowest BCUT2D eigenvalue weighted by molar-refractivity contribution is 0.0534. The summed E-state index contributed by atoms with van der Waals surface area (Å²) >= 11 is 3.23. The van der Waals surface area contributed by atoms with Crippen molar-refractivity contribution in [3.63, 3.8) is 0 Å². The Hall–Kier alpha value is -1.53. The van der Waals surface area contributed by atoms with Gasteiger partial charge in [0, 0.05) is 6.20 Å². The second-order valence-corrected chi connectivity index (χ2v) is 7.63. The van der Waals surface area contributed by atoms with Crippen molar-refractivity contribution in [3.05, 3.63) is 28.3 Å². The lowest BCUT2D eigenvalue weighted by Crippen LogP contribution is -2.02. The summed E-state index contributed by atoms with van der Waals surface area (Å²) < 4.78 is 8.42. The van der Waals surface area contributed by atoms with Gasteiger partial charge in [0.25, 0.3) is 0 Å². The summed E-state index contributed by atoms with van der Waals surface area (Å²) in [7, 11) is 0. The first-order valence-electron chi connectivity index (χ1n) is 7.28. The Morgan fingerprint density at radius 2 is 2.18 bits per heavy atom. The molecule has 0 amide bonds. The Bertz CT molecular complexity index is 864. The minimum atomic E-state index is -0.279. The van der Waals surface area contributed by atoms with E-state index in [9.17, 15) is 4.79 Å². The van der Waals surface area contributed by atoms with E-state index in [1.165, 1.54) is 16.9 Å². The second kappa shape index (κ2) is 5.93. The number of hydrogen-bond donors (Lipinski definition) is 0. The van der Waals surface area contributed by atoms with E-state index in [-0.39, 0.29) is 5.97 Å². The highest BCUT2D eigenvalue weighted by atomic mass is 32.2. The first kappa shape index (κ1) is 15.4. The molecule has 0 aliphatic heterocycles. The predicted molar refractivity (Wildman–Crippen MR) is 92.4 cm³/mol. The number of esters is 1. The molecule has 3 aromatic rings. The van der Waals surface area contributed by atoms with Gasteiger partial charge in [-0.3, -0.25) is 4.40 Å². The van der Waals surface area contributed by atoms with Gasteiger partial charge in [0.05, 0.1) is 16.3 Å². The van der Waals surface area contributed by atoms with Crippen LogP contribution in [0.15, 0.2) is 16.5 Å². The van der Waals surface area contributed by atoms with Crippen LogP contribution in [0.5, 0.6) is 0 Å². The second-order valence-electron chi connectivity index (χ2n) is 5.08. The average Bonchev–Trinajstić information content (AvgIpc) is 2.98. The van der Waals surface area contributed by atoms with E-state index in [0.717, 1.165) is 32.2 Å². The van der Waals surface area contributed by atoms with Crippen molar-refractivity contribution in [2.45, 2.75) is 31.9 Å². The molecule has 4 nitrogen and oxygen atoms in total. The molecule has 0 unspecified atom stereocenters. The summed E-state index contributed by atoms with van der Waals surface area (Å²) in [4.78, 5) is 17.6. The molecule has 0 atom stereocenters. The van der Waals surface area contributed by atoms with E-state index in [2.05, 4.69) is 30.5 Å². The van der Waals surface area contributed by atoms with Gasteiger partial charge in [-0.15, -0.1) is 23.1 Å². The first-order chi connectivity index (χ1) is 10.6. The number of ether oxygens (including phenoxy) is 1. The van der Waals surface area contributed by atoms with E-state index in [1.807, 2.05) is 13.8 Å². The number of aryl methyl sites for hydroxylation is 2. The number of fused-ring (bicyclic) bond motifs is 3. The molecule has 0 fully saturated rings. The van der Waals surface area contributed by atoms with E-state index in [0.29, 0.717) is 11.5 Å². The number of thiophene rings is 1. The Morgan fingerprint density at radius 3 is 2.86 bits per heavy atom. The van der Waals surface area contributed by atoms with Crippen molar-refractivity contribution in [2.24, 2.45) is 0 Å². The minimum Gasteiger partial charge on any atom is -0.462 e. The third-order valence-corrected chi connectivity index (χ3v) is 5.67. The number of rotatable bonds is 4. The predicted octanol–water partition coefficient (Wildman–Crippen LogP) is 4.45. The Balaban J connectivity index is 2.35. The number of aromatic nitrogens is 2. The van der Waals surface area contributed by atoms with Crippen LogP contribution in [0.3, 0.4) is 0 Å². The molecule has 0 aromatic carbocycles. The fraction of sp³-hybridized carbons (Fsp3) is 0.375. The molecule has 3 rings (SSSR count). The van der Waals surface area contributed by atoms with Gasteiger partial charge in [0.15, 0.2) is 0 Å². The summed E-state index contributed by atoms with van der Waals surface area (Å²) in [5.41, 5.74) is 4.99. The maximum Gasteiger partial charge on any atom is 0.350 e. The smallest absolute Gasteiger partial charge is 0.350 e. The Morgan fingerprint density at radius 1 is 1.41 bits per heavy atom. The van der Waals surface area contributed by atoms with Crippen LogP contribution in [-0.4, -0.2) is 27.7 Å². The first-order valence-corrected chi connectivity index (χ1v) is 9.08. The number of thioether (sulfide) groups is 1. The summed E-state index contributed by atoms with van der Waals surface area (Å²) in [6.07, 6.45) is 2.08. The highest BCUT2D eigenvalue weighted by Gasteiger charge is 2.23. The van der Waals surface area contributed by atoms with Crippen LogP contribution in [0.4, 0.5) is 0 Å². The molecule has 3 heterocycles. The van der Waals surface area contributed by atoms with Crippen LogP contribution in [-0.2, 0) is 4.74 Å². The molecule has 0 spiro atoms. The van der Waals surface area contributed by atoms with E-state index < -0.39 is 0 Å². The molecule has 3 aromatic heterocycles. The number of carbonyl (C=O) groups is 1. The molecule has 22 heavy (non-hydrogen) atoms. The molecule has 0 aliphatic rings. The largest absolute Gasteiger partial charge is 0.462 e. The summed E-state index contributed by atoms with van der Waals surface area (Å²) in [5.74, 6) is 0.675. The van der Waals surface area contributed by atoms with Crippen molar-refractivity contribution in [2.75, 3.05) is 12.4 Å². The number of imidazole rings is 1. The van der Waals surface area contributed by atoms with Gasteiger partial charge in [-0.1, -0.05) is 13.0 Å². The van der Waals surface area contributed by atoms with E-state index in [1.54, 1.807) is 11.8 Å². The highest BCUT2D eigenvalue weighted by Crippen LogP contribution is 2.39. The minimum absolute atomic E-state index is 0.279. The monoisotopic (exact) mass is 334 g/mol. The third kappa shape index (κ3) is 2.40. The van der Waals surface area contributed by atoms with Crippen LogP contribution < -0.4 is 0 Å². The molecule has 0 aliphatic carbocycles. The van der Waals surface area contributed by atoms with E-state index >= 15 is 0 Å². The maximum absolute atomic E-state index is 12.2. The fourth-order valence-corrected chi connectivity index (χ4v) is 4.88. The van der Waals surface area contributed by atoms with Gasteiger partial charge in [-0.25, -0.2) is 9.78 Å². The number of pyridine rings is 1. The third-order valence-electron chi connectivity index (χ3n) is 3.38. The van der Waals surface area contributed by atoms with Crippen molar-refractivity contribution in [1.82, 2.24) is 9.38 Å². The summed E-state index contributed by atoms with van der Waals surface area (Å²) in [6, 6.07) is 2.11. The lowest BCUT2D eigenvalue weighted by atomic mass is 10.2. The molecule has 6 heteroatoms. The quantitative estimate of drug-likeness (QED) is 0.522. The number of hydrogen-bond acceptors (Lipinski definition) is 5. The lowest BCUT2D eigenvalue weighted by Gasteiger charge is -2.02. The van der Waals surface area contributed by atoms with Gasteiger partial charge in [-0.2, -0.15) is 0 Å². The zero-order valence-corrected chi connectivity index (χ0v) is 14.7.